The maximum atomic E-state index is 11.1. The van der Waals surface area contributed by atoms with E-state index < -0.39 is 10.4 Å². The van der Waals surface area contributed by atoms with E-state index in [2.05, 4.69) is 20.3 Å². The van der Waals surface area contributed by atoms with E-state index >= 15 is 0 Å². The summed E-state index contributed by atoms with van der Waals surface area (Å²) in [6.45, 7) is 4.21. The van der Waals surface area contributed by atoms with Crippen LogP contribution in [0, 0.1) is 0 Å². The summed E-state index contributed by atoms with van der Waals surface area (Å²) in [4.78, 5) is 4.35. The summed E-state index contributed by atoms with van der Waals surface area (Å²) in [7, 11) is -3.98. The molecule has 134 valence electrons. The van der Waals surface area contributed by atoms with Gasteiger partial charge in [0.05, 0.1) is 13.2 Å². The van der Waals surface area contributed by atoms with Crippen molar-refractivity contribution in [3.8, 4) is 0 Å². The Balaban J connectivity index is 0. The fraction of sp³-hybridized carbons (Fsp3) is 1.00. The van der Waals surface area contributed by atoms with Gasteiger partial charge in [0, 0.05) is 0 Å². The van der Waals surface area contributed by atoms with Crippen LogP contribution in [0.15, 0.2) is 0 Å². The Morgan fingerprint density at radius 3 is 1.57 bits per heavy atom. The van der Waals surface area contributed by atoms with Gasteiger partial charge >= 0.3 is 40.0 Å². The zero-order chi connectivity index (χ0) is 16.5. The molecule has 0 atom stereocenters. The van der Waals surface area contributed by atoms with E-state index in [-0.39, 0.29) is 42.8 Å². The molecule has 0 aliphatic heterocycles. The van der Waals surface area contributed by atoms with E-state index in [1.165, 1.54) is 57.8 Å². The molecule has 0 N–H and O–H groups in total. The van der Waals surface area contributed by atoms with Crippen LogP contribution in [0.25, 0.3) is 0 Å². The van der Waals surface area contributed by atoms with Crippen molar-refractivity contribution >= 4 is 10.4 Å². The van der Waals surface area contributed by atoms with Gasteiger partial charge in [-0.05, 0) is 13.3 Å². The largest absolute Gasteiger partial charge is 1.00 e. The molecule has 0 saturated carbocycles. The monoisotopic (exact) mass is 361 g/mol. The Morgan fingerprint density at radius 2 is 1.13 bits per heavy atom. The normalized spacial score (nSPS) is 11.4. The summed E-state index contributed by atoms with van der Waals surface area (Å²) in [5.41, 5.74) is 0. The van der Waals surface area contributed by atoms with Crippen LogP contribution in [0.5, 0.6) is 0 Å². The molecule has 0 spiro atoms. The Bertz CT molecular complexity index is 322. The minimum absolute atomic E-state index is 0. The van der Waals surface area contributed by atoms with Gasteiger partial charge in [0.25, 0.3) is 0 Å². The summed E-state index contributed by atoms with van der Waals surface area (Å²) in [5, 5.41) is 0. The quantitative estimate of drug-likeness (QED) is 0.171. The van der Waals surface area contributed by atoms with Gasteiger partial charge in [-0.15, -0.1) is 0 Å². The van der Waals surface area contributed by atoms with Crippen LogP contribution in [-0.2, 0) is 23.8 Å². The van der Waals surface area contributed by atoms with Crippen molar-refractivity contribution in [2.45, 2.75) is 90.9 Å². The van der Waals surface area contributed by atoms with Gasteiger partial charge in [0.2, 0.25) is 0 Å². The van der Waals surface area contributed by atoms with Crippen LogP contribution < -0.4 is 29.6 Å². The third kappa shape index (κ3) is 20.8. The average Bonchev–Trinajstić information content (AvgIpc) is 2.50. The van der Waals surface area contributed by atoms with Gasteiger partial charge in [-0.3, -0.25) is 0 Å². The smallest absolute Gasteiger partial charge is 0.246 e. The summed E-state index contributed by atoms with van der Waals surface area (Å²) < 4.78 is 31.0. The van der Waals surface area contributed by atoms with E-state index in [0.29, 0.717) is 0 Å². The van der Waals surface area contributed by atoms with Crippen molar-refractivity contribution in [3.63, 3.8) is 0 Å². The van der Waals surface area contributed by atoms with Crippen LogP contribution >= 0.6 is 0 Å². The summed E-state index contributed by atoms with van der Waals surface area (Å²) in [6.07, 6.45) is 14.8. The number of hydrogen-bond donors (Lipinski definition) is 0. The molecule has 0 unspecified atom stereocenters. The molecular weight excluding hydrogens is 327 g/mol. The molecule has 23 heavy (non-hydrogen) atoms. The minimum atomic E-state index is -3.98. The minimum Gasteiger partial charge on any atom is -0.246 e. The third-order valence-electron chi connectivity index (χ3n) is 3.47. The van der Waals surface area contributed by atoms with Gasteiger partial charge in [-0.1, -0.05) is 81.9 Å². The molecule has 0 amide bonds. The van der Waals surface area contributed by atoms with E-state index in [4.69, 9.17) is 0 Å². The molecule has 0 fully saturated rings. The molecule has 0 aromatic carbocycles. The van der Waals surface area contributed by atoms with E-state index in [0.717, 1.165) is 19.3 Å². The molecule has 0 heterocycles. The van der Waals surface area contributed by atoms with Crippen LogP contribution in [0.1, 0.15) is 90.9 Å². The van der Waals surface area contributed by atoms with Crippen molar-refractivity contribution in [2.24, 2.45) is 0 Å². The second-order valence-electron chi connectivity index (χ2n) is 5.59. The first kappa shape index (κ1) is 26.1. The zero-order valence-corrected chi connectivity index (χ0v) is 18.2. The Morgan fingerprint density at radius 1 is 0.696 bits per heavy atom. The van der Waals surface area contributed by atoms with Crippen molar-refractivity contribution in [2.75, 3.05) is 13.2 Å². The second kappa shape index (κ2) is 19.2. The van der Waals surface area contributed by atoms with Gasteiger partial charge in [-0.25, -0.2) is 9.07 Å². The van der Waals surface area contributed by atoms with Gasteiger partial charge in [-0.2, -0.15) is 8.42 Å². The molecule has 0 bridgehead atoms. The molecule has 0 aromatic heterocycles. The number of hydrogen-bond acceptors (Lipinski definition) is 5. The van der Waals surface area contributed by atoms with Crippen molar-refractivity contribution < 1.29 is 51.4 Å². The Hall–Kier alpha value is 0.830. The average molecular weight is 362 g/mol. The topological polar surface area (TPSA) is 61.8 Å². The molecular formula is C16H34NaO5S+. The summed E-state index contributed by atoms with van der Waals surface area (Å²) >= 11 is 0. The standard InChI is InChI=1S/C16H34O5S.Na/c1-3-5-6-7-8-9-10-11-12-13-14-15-16-20-22(17,18)21-19-4-2;/h3-16H2,1-2H3;/q;+1. The first-order valence-corrected chi connectivity index (χ1v) is 10.2. The van der Waals surface area contributed by atoms with Crippen molar-refractivity contribution in [3.05, 3.63) is 0 Å². The molecule has 5 nitrogen and oxygen atoms in total. The molecule has 0 rings (SSSR count). The van der Waals surface area contributed by atoms with Crippen LogP contribution in [0.3, 0.4) is 0 Å². The molecule has 7 heteroatoms. The SMILES string of the molecule is CCCCCCCCCCCCCCOS(=O)(=O)OOCC.[Na+]. The maximum absolute atomic E-state index is 11.1. The first-order chi connectivity index (χ1) is 10.6. The van der Waals surface area contributed by atoms with Crippen LogP contribution in [-0.4, -0.2) is 21.6 Å². The summed E-state index contributed by atoms with van der Waals surface area (Å²) in [5.74, 6) is 0. The van der Waals surface area contributed by atoms with Gasteiger partial charge < -0.3 is 0 Å². The molecule has 0 aliphatic rings. The maximum Gasteiger partial charge on any atom is 1.00 e. The van der Waals surface area contributed by atoms with Crippen molar-refractivity contribution in [1.82, 2.24) is 0 Å². The predicted octanol–water partition coefficient (Wildman–Crippen LogP) is 1.92. The molecule has 0 saturated heterocycles. The predicted molar refractivity (Wildman–Crippen MR) is 88.7 cm³/mol. The fourth-order valence-electron chi connectivity index (χ4n) is 2.23. The van der Waals surface area contributed by atoms with Gasteiger partial charge in [0.1, 0.15) is 0 Å². The van der Waals surface area contributed by atoms with Crippen LogP contribution in [0.2, 0.25) is 0 Å². The Kier molecular flexibility index (Phi) is 21.7. The van der Waals surface area contributed by atoms with E-state index in [9.17, 15) is 8.42 Å². The zero-order valence-electron chi connectivity index (χ0n) is 15.3. The molecule has 0 aliphatic carbocycles. The van der Waals surface area contributed by atoms with E-state index in [1.54, 1.807) is 6.92 Å². The van der Waals surface area contributed by atoms with Crippen molar-refractivity contribution in [1.29, 1.82) is 0 Å². The Labute approximate surface area is 165 Å². The molecule has 0 aromatic rings. The third-order valence-corrected chi connectivity index (χ3v) is 4.19. The van der Waals surface area contributed by atoms with Crippen LogP contribution in [0.4, 0.5) is 0 Å². The fourth-order valence-corrected chi connectivity index (χ4v) is 2.81. The second-order valence-corrected chi connectivity index (χ2v) is 6.78. The summed E-state index contributed by atoms with van der Waals surface area (Å²) in [6, 6.07) is 0. The molecule has 0 radical (unpaired) electrons. The van der Waals surface area contributed by atoms with Gasteiger partial charge in [0.15, 0.2) is 0 Å². The first-order valence-electron chi connectivity index (χ1n) is 8.82. The van der Waals surface area contributed by atoms with E-state index in [1.807, 2.05) is 0 Å². The number of unbranched alkanes of at least 4 members (excludes halogenated alkanes) is 11. The number of rotatable bonds is 17.